The maximum absolute atomic E-state index is 14.0. The number of halogens is 2. The Morgan fingerprint density at radius 2 is 1.44 bits per heavy atom. The Bertz CT molecular complexity index is 1050. The molecule has 3 rings (SSSR count). The lowest BCUT2D eigenvalue weighted by Crippen LogP contribution is -2.13. The molecule has 128 valence electrons. The summed E-state index contributed by atoms with van der Waals surface area (Å²) in [5.74, 6) is -0.887. The summed E-state index contributed by atoms with van der Waals surface area (Å²) < 4.78 is 36.6. The first kappa shape index (κ1) is 17.9. The molecular weight excluding hydrogens is 381 g/mol. The molecule has 2 N–H and O–H groups in total. The molecule has 0 aliphatic rings. The number of hydrogen-bond acceptors (Lipinski definition) is 3. The average molecular weight is 394 g/mol. The fraction of sp³-hybridized carbons (Fsp3) is 0. The molecule has 25 heavy (non-hydrogen) atoms. The first-order chi connectivity index (χ1) is 11.8. The maximum Gasteiger partial charge on any atom is 0.240 e. The minimum Gasteiger partial charge on any atom is -0.225 e. The van der Waals surface area contributed by atoms with Crippen LogP contribution in [0, 0.1) is 5.82 Å². The van der Waals surface area contributed by atoms with Gasteiger partial charge in [-0.1, -0.05) is 41.9 Å². The van der Waals surface area contributed by atoms with Gasteiger partial charge in [0.2, 0.25) is 10.0 Å². The van der Waals surface area contributed by atoms with Crippen LogP contribution >= 0.6 is 24.2 Å². The van der Waals surface area contributed by atoms with Gasteiger partial charge in [-0.3, -0.25) is 0 Å². The molecule has 0 fully saturated rings. The highest BCUT2D eigenvalue weighted by Crippen LogP contribution is 2.32. The largest absolute Gasteiger partial charge is 0.240 e. The van der Waals surface area contributed by atoms with Gasteiger partial charge >= 0.3 is 0 Å². The van der Waals surface area contributed by atoms with Crippen LogP contribution in [-0.2, 0) is 10.0 Å². The molecule has 3 aromatic rings. The minimum atomic E-state index is -4.09. The number of rotatable bonds is 3. The molecule has 0 aromatic heterocycles. The van der Waals surface area contributed by atoms with Crippen LogP contribution in [0.4, 0.5) is 4.39 Å². The molecule has 0 saturated carbocycles. The van der Waals surface area contributed by atoms with E-state index >= 15 is 0 Å². The number of thiol groups is 1. The highest BCUT2D eigenvalue weighted by atomic mass is 35.5. The molecule has 0 heterocycles. The number of nitrogens with two attached hydrogens (primary N) is 1. The summed E-state index contributed by atoms with van der Waals surface area (Å²) in [4.78, 5) is 0.177. The Morgan fingerprint density at radius 1 is 0.880 bits per heavy atom. The van der Waals surface area contributed by atoms with Gasteiger partial charge in [0.15, 0.2) is 0 Å². The second kappa shape index (κ2) is 6.80. The molecule has 0 unspecified atom stereocenters. The summed E-state index contributed by atoms with van der Waals surface area (Å²) in [5.41, 5.74) is 3.10. The standard InChI is InChI=1S/C18H13ClFNO2S2/c19-14-5-1-11(2-6-14)15-7-3-13(10-17(15)24)12-4-8-18(16(20)9-12)25(21,22)23/h1-10,24H,(H2,21,22,23). The Balaban J connectivity index is 2.01. The van der Waals surface area contributed by atoms with Crippen LogP contribution < -0.4 is 5.14 Å². The van der Waals surface area contributed by atoms with E-state index in [1.807, 2.05) is 24.3 Å². The van der Waals surface area contributed by atoms with Crippen LogP contribution in [0.3, 0.4) is 0 Å². The Morgan fingerprint density at radius 3 is 2.00 bits per heavy atom. The second-order valence-electron chi connectivity index (χ2n) is 5.43. The Kier molecular flexibility index (Phi) is 4.88. The SMILES string of the molecule is NS(=O)(=O)c1ccc(-c2ccc(-c3ccc(Cl)cc3)c(S)c2)cc1F. The molecule has 3 nitrogen and oxygen atoms in total. The van der Waals surface area contributed by atoms with Crippen molar-refractivity contribution in [1.82, 2.24) is 0 Å². The zero-order valence-corrected chi connectivity index (χ0v) is 15.2. The van der Waals surface area contributed by atoms with Gasteiger partial charge in [-0.25, -0.2) is 17.9 Å². The van der Waals surface area contributed by atoms with Crippen molar-refractivity contribution in [1.29, 1.82) is 0 Å². The van der Waals surface area contributed by atoms with E-state index in [9.17, 15) is 12.8 Å². The number of benzene rings is 3. The van der Waals surface area contributed by atoms with Crippen LogP contribution in [0.15, 0.2) is 70.5 Å². The van der Waals surface area contributed by atoms with Crippen LogP contribution in [0.1, 0.15) is 0 Å². The number of sulfonamides is 1. The van der Waals surface area contributed by atoms with Gasteiger partial charge < -0.3 is 0 Å². The van der Waals surface area contributed by atoms with Crippen molar-refractivity contribution in [3.63, 3.8) is 0 Å². The Hall–Kier alpha value is -1.86. The third-order valence-electron chi connectivity index (χ3n) is 3.72. The topological polar surface area (TPSA) is 60.2 Å². The Labute approximate surface area is 155 Å². The molecule has 0 aliphatic heterocycles. The number of hydrogen-bond donors (Lipinski definition) is 2. The van der Waals surface area contributed by atoms with Crippen LogP contribution in [0.5, 0.6) is 0 Å². The maximum atomic E-state index is 14.0. The lowest BCUT2D eigenvalue weighted by atomic mass is 10.00. The monoisotopic (exact) mass is 393 g/mol. The molecule has 0 spiro atoms. The van der Waals surface area contributed by atoms with Gasteiger partial charge in [0, 0.05) is 9.92 Å². The van der Waals surface area contributed by atoms with Crippen molar-refractivity contribution in [3.05, 3.63) is 71.5 Å². The quantitative estimate of drug-likeness (QED) is 0.631. The van der Waals surface area contributed by atoms with Gasteiger partial charge in [0.1, 0.15) is 10.7 Å². The average Bonchev–Trinajstić information content (AvgIpc) is 2.54. The van der Waals surface area contributed by atoms with E-state index in [1.54, 1.807) is 18.2 Å². The van der Waals surface area contributed by atoms with Gasteiger partial charge in [0.25, 0.3) is 0 Å². The van der Waals surface area contributed by atoms with Gasteiger partial charge in [0.05, 0.1) is 0 Å². The predicted molar refractivity (Wildman–Crippen MR) is 101 cm³/mol. The van der Waals surface area contributed by atoms with Crippen LogP contribution in [0.2, 0.25) is 5.02 Å². The molecule has 0 radical (unpaired) electrons. The number of primary sulfonamides is 1. The summed E-state index contributed by atoms with van der Waals surface area (Å²) in [6, 6.07) is 16.6. The fourth-order valence-electron chi connectivity index (χ4n) is 2.50. The summed E-state index contributed by atoms with van der Waals surface area (Å²) in [5, 5.41) is 5.62. The second-order valence-corrected chi connectivity index (χ2v) is 7.88. The highest BCUT2D eigenvalue weighted by Gasteiger charge is 2.15. The zero-order chi connectivity index (χ0) is 18.2. The van der Waals surface area contributed by atoms with Crippen molar-refractivity contribution in [3.8, 4) is 22.3 Å². The van der Waals surface area contributed by atoms with Crippen molar-refractivity contribution in [2.75, 3.05) is 0 Å². The smallest absolute Gasteiger partial charge is 0.225 e. The first-order valence-corrected chi connectivity index (χ1v) is 9.54. The summed E-state index contributed by atoms with van der Waals surface area (Å²) >= 11 is 10.4. The summed E-state index contributed by atoms with van der Waals surface area (Å²) in [6.07, 6.45) is 0. The lowest BCUT2D eigenvalue weighted by molar-refractivity contribution is 0.568. The lowest BCUT2D eigenvalue weighted by Gasteiger charge is -2.10. The van der Waals surface area contributed by atoms with Gasteiger partial charge in [-0.15, -0.1) is 12.6 Å². The molecule has 0 aliphatic carbocycles. The fourth-order valence-corrected chi connectivity index (χ4v) is 3.55. The normalized spacial score (nSPS) is 11.5. The summed E-state index contributed by atoms with van der Waals surface area (Å²) in [7, 11) is -4.09. The molecule has 3 aromatic carbocycles. The van der Waals surface area contributed by atoms with E-state index in [-0.39, 0.29) is 0 Å². The van der Waals surface area contributed by atoms with Crippen molar-refractivity contribution in [2.24, 2.45) is 5.14 Å². The minimum absolute atomic E-state index is 0.528. The van der Waals surface area contributed by atoms with E-state index in [0.29, 0.717) is 21.0 Å². The third kappa shape index (κ3) is 3.88. The van der Waals surface area contributed by atoms with E-state index in [2.05, 4.69) is 12.6 Å². The predicted octanol–water partition coefficient (Wildman–Crippen LogP) is 4.75. The molecule has 7 heteroatoms. The zero-order valence-electron chi connectivity index (χ0n) is 12.8. The highest BCUT2D eigenvalue weighted by molar-refractivity contribution is 7.89. The first-order valence-electron chi connectivity index (χ1n) is 7.17. The van der Waals surface area contributed by atoms with Gasteiger partial charge in [-0.05, 0) is 52.6 Å². The molecular formula is C18H13ClFNO2S2. The van der Waals surface area contributed by atoms with Crippen molar-refractivity contribution < 1.29 is 12.8 Å². The van der Waals surface area contributed by atoms with E-state index in [1.165, 1.54) is 6.07 Å². The van der Waals surface area contributed by atoms with Crippen molar-refractivity contribution >= 4 is 34.3 Å². The van der Waals surface area contributed by atoms with Crippen molar-refractivity contribution in [2.45, 2.75) is 9.79 Å². The van der Waals surface area contributed by atoms with E-state index in [4.69, 9.17) is 16.7 Å². The molecule has 0 saturated heterocycles. The molecule has 0 bridgehead atoms. The molecule has 0 amide bonds. The van der Waals surface area contributed by atoms with Crippen LogP contribution in [-0.4, -0.2) is 8.42 Å². The third-order valence-corrected chi connectivity index (χ3v) is 5.29. The van der Waals surface area contributed by atoms with Crippen LogP contribution in [0.25, 0.3) is 22.3 Å². The van der Waals surface area contributed by atoms with E-state index in [0.717, 1.165) is 23.3 Å². The van der Waals surface area contributed by atoms with E-state index < -0.39 is 20.7 Å². The van der Waals surface area contributed by atoms with Gasteiger partial charge in [-0.2, -0.15) is 0 Å². The molecule has 0 atom stereocenters. The summed E-state index contributed by atoms with van der Waals surface area (Å²) in [6.45, 7) is 0.